The molecule has 1 aliphatic rings. The number of hydrogen-bond acceptors (Lipinski definition) is 4. The highest BCUT2D eigenvalue weighted by molar-refractivity contribution is 5.63. The standard InChI is InChI=1S/C12H17N5O/c1-18-5-4-16-9-10(6-14-16)11-7-15-17-3-2-13-8-12(11)17/h6-7,9,13H,2-5,8H2,1H3. The molecule has 96 valence electrons. The number of nitrogens with one attached hydrogen (secondary N) is 1. The summed E-state index contributed by atoms with van der Waals surface area (Å²) >= 11 is 0. The molecule has 0 aliphatic carbocycles. The van der Waals surface area contributed by atoms with Crippen LogP contribution in [0, 0.1) is 0 Å². The molecule has 0 spiro atoms. The smallest absolute Gasteiger partial charge is 0.0658 e. The van der Waals surface area contributed by atoms with Crippen molar-refractivity contribution in [3.8, 4) is 11.1 Å². The maximum Gasteiger partial charge on any atom is 0.0658 e. The predicted molar refractivity (Wildman–Crippen MR) is 67.0 cm³/mol. The lowest BCUT2D eigenvalue weighted by atomic mass is 10.1. The maximum absolute atomic E-state index is 5.05. The third kappa shape index (κ3) is 2.04. The highest BCUT2D eigenvalue weighted by Gasteiger charge is 2.16. The predicted octanol–water partition coefficient (Wildman–Crippen LogP) is 0.496. The molecule has 0 amide bonds. The number of nitrogens with zero attached hydrogens (tertiary/aromatic N) is 4. The monoisotopic (exact) mass is 247 g/mol. The highest BCUT2D eigenvalue weighted by Crippen LogP contribution is 2.24. The molecule has 1 N–H and O–H groups in total. The van der Waals surface area contributed by atoms with Crippen LogP contribution in [-0.4, -0.2) is 39.8 Å². The molecular weight excluding hydrogens is 230 g/mol. The molecule has 6 nitrogen and oxygen atoms in total. The molecule has 18 heavy (non-hydrogen) atoms. The Morgan fingerprint density at radius 1 is 1.39 bits per heavy atom. The van der Waals surface area contributed by atoms with E-state index < -0.39 is 0 Å². The van der Waals surface area contributed by atoms with Gasteiger partial charge in [-0.1, -0.05) is 0 Å². The molecule has 0 unspecified atom stereocenters. The van der Waals surface area contributed by atoms with Gasteiger partial charge in [-0.15, -0.1) is 0 Å². The Bertz CT molecular complexity index is 530. The van der Waals surface area contributed by atoms with E-state index in [9.17, 15) is 0 Å². The number of aromatic nitrogens is 4. The van der Waals surface area contributed by atoms with Gasteiger partial charge < -0.3 is 10.1 Å². The van der Waals surface area contributed by atoms with Gasteiger partial charge in [-0.2, -0.15) is 10.2 Å². The summed E-state index contributed by atoms with van der Waals surface area (Å²) in [6.07, 6.45) is 5.87. The van der Waals surface area contributed by atoms with Gasteiger partial charge in [0.2, 0.25) is 0 Å². The van der Waals surface area contributed by atoms with Gasteiger partial charge in [-0.3, -0.25) is 9.36 Å². The van der Waals surface area contributed by atoms with Crippen LogP contribution < -0.4 is 5.32 Å². The van der Waals surface area contributed by atoms with Crippen molar-refractivity contribution < 1.29 is 4.74 Å². The van der Waals surface area contributed by atoms with Crippen LogP contribution >= 0.6 is 0 Å². The van der Waals surface area contributed by atoms with Crippen molar-refractivity contribution >= 4 is 0 Å². The molecule has 2 aromatic rings. The van der Waals surface area contributed by atoms with E-state index in [1.807, 2.05) is 23.3 Å². The van der Waals surface area contributed by atoms with E-state index in [0.717, 1.165) is 31.7 Å². The lowest BCUT2D eigenvalue weighted by molar-refractivity contribution is 0.183. The Hall–Kier alpha value is -1.66. The molecule has 0 bridgehead atoms. The van der Waals surface area contributed by atoms with Gasteiger partial charge in [-0.25, -0.2) is 0 Å². The lowest BCUT2D eigenvalue weighted by Crippen LogP contribution is -2.28. The topological polar surface area (TPSA) is 56.9 Å². The van der Waals surface area contributed by atoms with Crippen LogP contribution in [-0.2, 0) is 24.4 Å². The molecule has 0 saturated carbocycles. The zero-order valence-corrected chi connectivity index (χ0v) is 10.5. The average Bonchev–Trinajstić information content (AvgIpc) is 3.02. The summed E-state index contributed by atoms with van der Waals surface area (Å²) < 4.78 is 9.02. The molecule has 3 rings (SSSR count). The van der Waals surface area contributed by atoms with Gasteiger partial charge >= 0.3 is 0 Å². The second-order valence-corrected chi connectivity index (χ2v) is 4.39. The van der Waals surface area contributed by atoms with Gasteiger partial charge in [0.05, 0.1) is 37.8 Å². The third-order valence-corrected chi connectivity index (χ3v) is 3.21. The second-order valence-electron chi connectivity index (χ2n) is 4.39. The fourth-order valence-corrected chi connectivity index (χ4v) is 2.23. The van der Waals surface area contributed by atoms with Crippen LogP contribution in [0.1, 0.15) is 5.69 Å². The van der Waals surface area contributed by atoms with Gasteiger partial charge in [0.1, 0.15) is 0 Å². The van der Waals surface area contributed by atoms with Crippen molar-refractivity contribution in [1.29, 1.82) is 0 Å². The zero-order valence-electron chi connectivity index (χ0n) is 10.5. The lowest BCUT2D eigenvalue weighted by Gasteiger charge is -2.15. The van der Waals surface area contributed by atoms with E-state index in [2.05, 4.69) is 20.2 Å². The number of hydrogen-bond donors (Lipinski definition) is 1. The van der Waals surface area contributed by atoms with Crippen LogP contribution in [0.2, 0.25) is 0 Å². The van der Waals surface area contributed by atoms with Crippen molar-refractivity contribution in [2.24, 2.45) is 0 Å². The minimum Gasteiger partial charge on any atom is -0.383 e. The molecule has 0 saturated heterocycles. The summed E-state index contributed by atoms with van der Waals surface area (Å²) in [6, 6.07) is 0. The number of ether oxygens (including phenoxy) is 1. The fourth-order valence-electron chi connectivity index (χ4n) is 2.23. The van der Waals surface area contributed by atoms with Gasteiger partial charge in [0, 0.05) is 37.5 Å². The van der Waals surface area contributed by atoms with E-state index in [4.69, 9.17) is 4.74 Å². The van der Waals surface area contributed by atoms with Crippen molar-refractivity contribution in [3.63, 3.8) is 0 Å². The summed E-state index contributed by atoms with van der Waals surface area (Å²) in [5.74, 6) is 0. The summed E-state index contributed by atoms with van der Waals surface area (Å²) in [6.45, 7) is 4.25. The van der Waals surface area contributed by atoms with E-state index in [1.165, 1.54) is 11.3 Å². The molecule has 3 heterocycles. The summed E-state index contributed by atoms with van der Waals surface area (Å²) in [4.78, 5) is 0. The van der Waals surface area contributed by atoms with Crippen molar-refractivity contribution in [1.82, 2.24) is 24.9 Å². The first-order valence-electron chi connectivity index (χ1n) is 6.15. The molecular formula is C12H17N5O. The van der Waals surface area contributed by atoms with Crippen LogP contribution in [0.15, 0.2) is 18.6 Å². The third-order valence-electron chi connectivity index (χ3n) is 3.21. The largest absolute Gasteiger partial charge is 0.383 e. The molecule has 2 aromatic heterocycles. The van der Waals surface area contributed by atoms with Gasteiger partial charge in [0.15, 0.2) is 0 Å². The van der Waals surface area contributed by atoms with E-state index in [0.29, 0.717) is 6.61 Å². The highest BCUT2D eigenvalue weighted by atomic mass is 16.5. The fraction of sp³-hybridized carbons (Fsp3) is 0.500. The van der Waals surface area contributed by atoms with E-state index in [1.54, 1.807) is 7.11 Å². The van der Waals surface area contributed by atoms with Gasteiger partial charge in [-0.05, 0) is 0 Å². The summed E-state index contributed by atoms with van der Waals surface area (Å²) in [5.41, 5.74) is 3.54. The Morgan fingerprint density at radius 3 is 3.22 bits per heavy atom. The quantitative estimate of drug-likeness (QED) is 0.854. The zero-order chi connectivity index (χ0) is 12.4. The molecule has 0 fully saturated rings. The van der Waals surface area contributed by atoms with Crippen LogP contribution in [0.5, 0.6) is 0 Å². The summed E-state index contributed by atoms with van der Waals surface area (Å²) in [7, 11) is 1.70. The Kier molecular flexibility index (Phi) is 3.12. The first-order valence-corrected chi connectivity index (χ1v) is 6.15. The SMILES string of the molecule is COCCn1cc(-c2cnn3c2CNCC3)cn1. The van der Waals surface area contributed by atoms with Gasteiger partial charge in [0.25, 0.3) is 0 Å². The molecule has 1 aliphatic heterocycles. The van der Waals surface area contributed by atoms with E-state index in [-0.39, 0.29) is 0 Å². The summed E-state index contributed by atoms with van der Waals surface area (Å²) in [5, 5.41) is 12.1. The van der Waals surface area contributed by atoms with Crippen molar-refractivity contribution in [2.75, 3.05) is 20.3 Å². The Labute approximate surface area is 106 Å². The van der Waals surface area contributed by atoms with Crippen molar-refractivity contribution in [3.05, 3.63) is 24.3 Å². The Balaban J connectivity index is 1.85. The first kappa shape index (κ1) is 11.4. The minimum atomic E-state index is 0.675. The normalized spacial score (nSPS) is 14.7. The van der Waals surface area contributed by atoms with Crippen LogP contribution in [0.25, 0.3) is 11.1 Å². The first-order chi connectivity index (χ1) is 8.88. The number of fused-ring (bicyclic) bond motifs is 1. The average molecular weight is 247 g/mol. The molecule has 0 radical (unpaired) electrons. The van der Waals surface area contributed by atoms with Crippen LogP contribution in [0.4, 0.5) is 0 Å². The molecule has 0 aromatic carbocycles. The molecule has 6 heteroatoms. The molecule has 0 atom stereocenters. The number of rotatable bonds is 4. The van der Waals surface area contributed by atoms with Crippen LogP contribution in [0.3, 0.4) is 0 Å². The number of methoxy groups -OCH3 is 1. The maximum atomic E-state index is 5.05. The Morgan fingerprint density at radius 2 is 2.33 bits per heavy atom. The van der Waals surface area contributed by atoms with Crippen molar-refractivity contribution in [2.45, 2.75) is 19.6 Å². The van der Waals surface area contributed by atoms with E-state index >= 15 is 0 Å². The minimum absolute atomic E-state index is 0.675. The second kappa shape index (κ2) is 4.91.